The number of benzene rings is 2. The van der Waals surface area contributed by atoms with Crippen LogP contribution in [-0.2, 0) is 0 Å². The topological polar surface area (TPSA) is 15.3 Å². The maximum Gasteiger partial charge on any atom is 0.134 e. The molecule has 1 saturated heterocycles. The van der Waals surface area contributed by atoms with E-state index in [-0.39, 0.29) is 5.50 Å². The van der Waals surface area contributed by atoms with Crippen LogP contribution in [0.25, 0.3) is 6.08 Å². The fourth-order valence-corrected chi connectivity index (χ4v) is 3.86. The molecule has 0 bridgehead atoms. The van der Waals surface area contributed by atoms with E-state index in [2.05, 4.69) is 64.8 Å². The molecule has 0 aromatic heterocycles. The van der Waals surface area contributed by atoms with Crippen molar-refractivity contribution in [1.82, 2.24) is 5.32 Å². The first-order chi connectivity index (χ1) is 10.8. The lowest BCUT2D eigenvalue weighted by molar-refractivity contribution is 0.648. The molecule has 0 spiro atoms. The molecule has 1 N–H and O–H groups in total. The zero-order valence-corrected chi connectivity index (χ0v) is 13.1. The Balaban J connectivity index is 1.84. The number of rotatable bonds is 2. The third-order valence-electron chi connectivity index (χ3n) is 4.51. The highest BCUT2D eigenvalue weighted by Gasteiger charge is 2.32. The number of fused-ring (bicyclic) bond motifs is 1. The second-order valence-electron chi connectivity index (χ2n) is 5.89. The standard InChI is InChI=1S/C19H19ClN2/c20-19-16-10-5-4-7-14(16)13-18(17-11-6-12-21-17)22(19)15-8-2-1-3-9-15/h1-5,7-10,13,17,19,21H,6,11-12H2. The number of para-hydroxylation sites is 1. The molecule has 0 aliphatic carbocycles. The third-order valence-corrected chi connectivity index (χ3v) is 4.94. The Morgan fingerprint density at radius 2 is 1.77 bits per heavy atom. The number of hydrogen-bond donors (Lipinski definition) is 1. The molecular weight excluding hydrogens is 292 g/mol. The van der Waals surface area contributed by atoms with Gasteiger partial charge in [-0.15, -0.1) is 0 Å². The van der Waals surface area contributed by atoms with Crippen LogP contribution in [0.2, 0.25) is 0 Å². The Morgan fingerprint density at radius 3 is 2.55 bits per heavy atom. The van der Waals surface area contributed by atoms with E-state index >= 15 is 0 Å². The number of nitrogens with zero attached hydrogens (tertiary/aromatic N) is 1. The van der Waals surface area contributed by atoms with Crippen LogP contribution in [0, 0.1) is 0 Å². The predicted molar refractivity (Wildman–Crippen MR) is 93.0 cm³/mol. The van der Waals surface area contributed by atoms with E-state index in [0.29, 0.717) is 6.04 Å². The van der Waals surface area contributed by atoms with E-state index in [9.17, 15) is 0 Å². The van der Waals surface area contributed by atoms with Gasteiger partial charge in [-0.05, 0) is 48.7 Å². The summed E-state index contributed by atoms with van der Waals surface area (Å²) in [6, 6.07) is 19.2. The van der Waals surface area contributed by atoms with Crippen LogP contribution in [-0.4, -0.2) is 12.6 Å². The van der Waals surface area contributed by atoms with E-state index in [1.807, 2.05) is 6.07 Å². The highest BCUT2D eigenvalue weighted by atomic mass is 35.5. The first-order valence-corrected chi connectivity index (χ1v) is 8.30. The van der Waals surface area contributed by atoms with Crippen molar-refractivity contribution in [3.63, 3.8) is 0 Å². The maximum absolute atomic E-state index is 6.88. The SMILES string of the molecule is ClC1c2ccccc2C=C(C2CCCN2)N1c1ccccc1. The van der Waals surface area contributed by atoms with Gasteiger partial charge in [0.15, 0.2) is 0 Å². The van der Waals surface area contributed by atoms with Gasteiger partial charge in [0.25, 0.3) is 0 Å². The Morgan fingerprint density at radius 1 is 1.00 bits per heavy atom. The van der Waals surface area contributed by atoms with Gasteiger partial charge in [-0.1, -0.05) is 54.1 Å². The van der Waals surface area contributed by atoms with E-state index < -0.39 is 0 Å². The molecule has 2 atom stereocenters. The van der Waals surface area contributed by atoms with Gasteiger partial charge in [0.1, 0.15) is 5.50 Å². The lowest BCUT2D eigenvalue weighted by Crippen LogP contribution is -2.38. The highest BCUT2D eigenvalue weighted by molar-refractivity contribution is 6.23. The summed E-state index contributed by atoms with van der Waals surface area (Å²) < 4.78 is 0. The first kappa shape index (κ1) is 13.9. The average Bonchev–Trinajstić information content (AvgIpc) is 3.10. The summed E-state index contributed by atoms with van der Waals surface area (Å²) in [6.45, 7) is 1.08. The molecule has 112 valence electrons. The zero-order chi connectivity index (χ0) is 14.9. The molecule has 1 fully saturated rings. The average molecular weight is 311 g/mol. The van der Waals surface area contributed by atoms with Gasteiger partial charge in [0.05, 0.1) is 0 Å². The van der Waals surface area contributed by atoms with Crippen molar-refractivity contribution in [1.29, 1.82) is 0 Å². The largest absolute Gasteiger partial charge is 0.323 e. The second-order valence-corrected chi connectivity index (χ2v) is 6.30. The van der Waals surface area contributed by atoms with Gasteiger partial charge in [0, 0.05) is 17.4 Å². The number of hydrogen-bond acceptors (Lipinski definition) is 2. The molecule has 2 heterocycles. The van der Waals surface area contributed by atoms with Crippen LogP contribution in [0.1, 0.15) is 29.5 Å². The van der Waals surface area contributed by atoms with Crippen molar-refractivity contribution in [2.75, 3.05) is 11.4 Å². The Labute approximate surface area is 136 Å². The predicted octanol–water partition coefficient (Wildman–Crippen LogP) is 4.54. The van der Waals surface area contributed by atoms with Gasteiger partial charge in [0.2, 0.25) is 0 Å². The highest BCUT2D eigenvalue weighted by Crippen LogP contribution is 2.42. The summed E-state index contributed by atoms with van der Waals surface area (Å²) in [5.74, 6) is 0. The minimum absolute atomic E-state index is 0.166. The fraction of sp³-hybridized carbons (Fsp3) is 0.263. The van der Waals surface area contributed by atoms with E-state index in [0.717, 1.165) is 12.2 Å². The van der Waals surface area contributed by atoms with Crippen molar-refractivity contribution in [2.24, 2.45) is 0 Å². The van der Waals surface area contributed by atoms with Crippen molar-refractivity contribution in [3.05, 3.63) is 71.4 Å². The molecule has 3 heteroatoms. The summed E-state index contributed by atoms with van der Waals surface area (Å²) in [5, 5.41) is 3.61. The molecular formula is C19H19ClN2. The smallest absolute Gasteiger partial charge is 0.134 e. The van der Waals surface area contributed by atoms with Crippen LogP contribution < -0.4 is 10.2 Å². The summed E-state index contributed by atoms with van der Waals surface area (Å²) in [7, 11) is 0. The fourth-order valence-electron chi connectivity index (χ4n) is 3.43. The lowest BCUT2D eigenvalue weighted by Gasteiger charge is -2.38. The summed E-state index contributed by atoms with van der Waals surface area (Å²) >= 11 is 6.88. The number of halogens is 1. The summed E-state index contributed by atoms with van der Waals surface area (Å²) in [4.78, 5) is 2.27. The molecule has 22 heavy (non-hydrogen) atoms. The van der Waals surface area contributed by atoms with Gasteiger partial charge in [-0.2, -0.15) is 0 Å². The molecule has 4 rings (SSSR count). The molecule has 2 aliphatic rings. The first-order valence-electron chi connectivity index (χ1n) is 7.87. The van der Waals surface area contributed by atoms with Crippen molar-refractivity contribution in [2.45, 2.75) is 24.4 Å². The molecule has 2 aliphatic heterocycles. The van der Waals surface area contributed by atoms with Gasteiger partial charge in [-0.25, -0.2) is 0 Å². The number of nitrogens with one attached hydrogen (secondary N) is 1. The van der Waals surface area contributed by atoms with Crippen molar-refractivity contribution < 1.29 is 0 Å². The minimum atomic E-state index is -0.166. The van der Waals surface area contributed by atoms with E-state index in [1.165, 1.54) is 29.7 Å². The maximum atomic E-state index is 6.88. The quantitative estimate of drug-likeness (QED) is 0.647. The monoisotopic (exact) mass is 310 g/mol. The molecule has 0 radical (unpaired) electrons. The molecule has 2 unspecified atom stereocenters. The molecule has 0 amide bonds. The Kier molecular flexibility index (Phi) is 3.65. The summed E-state index contributed by atoms with van der Waals surface area (Å²) in [5.41, 5.74) is 4.67. The van der Waals surface area contributed by atoms with Crippen LogP contribution >= 0.6 is 11.6 Å². The van der Waals surface area contributed by atoms with Crippen molar-refractivity contribution in [3.8, 4) is 0 Å². The van der Waals surface area contributed by atoms with Gasteiger partial charge < -0.3 is 10.2 Å². The van der Waals surface area contributed by atoms with Crippen LogP contribution in [0.5, 0.6) is 0 Å². The molecule has 0 saturated carbocycles. The molecule has 2 aromatic carbocycles. The van der Waals surface area contributed by atoms with E-state index in [4.69, 9.17) is 11.6 Å². The van der Waals surface area contributed by atoms with Gasteiger partial charge in [-0.3, -0.25) is 0 Å². The normalized spacial score (nSPS) is 24.0. The second kappa shape index (κ2) is 5.79. The van der Waals surface area contributed by atoms with Gasteiger partial charge >= 0.3 is 0 Å². The molecule has 2 nitrogen and oxygen atoms in total. The lowest BCUT2D eigenvalue weighted by atomic mass is 9.97. The Bertz CT molecular complexity index is 690. The van der Waals surface area contributed by atoms with E-state index in [1.54, 1.807) is 0 Å². The molecule has 2 aromatic rings. The summed E-state index contributed by atoms with van der Waals surface area (Å²) in [6.07, 6.45) is 4.68. The van der Waals surface area contributed by atoms with Crippen LogP contribution in [0.4, 0.5) is 5.69 Å². The van der Waals surface area contributed by atoms with Crippen LogP contribution in [0.15, 0.2) is 60.3 Å². The number of anilines is 1. The van der Waals surface area contributed by atoms with Crippen LogP contribution in [0.3, 0.4) is 0 Å². The third kappa shape index (κ3) is 2.33. The number of alkyl halides is 1. The minimum Gasteiger partial charge on any atom is -0.323 e. The van der Waals surface area contributed by atoms with Crippen molar-refractivity contribution >= 4 is 23.4 Å². The zero-order valence-electron chi connectivity index (χ0n) is 12.4. The Hall–Kier alpha value is -1.77.